The van der Waals surface area contributed by atoms with Crippen molar-refractivity contribution in [2.75, 3.05) is 0 Å². The molecule has 0 fully saturated rings. The SMILES string of the molecule is Cc1ccc(-n2ncc3c(C(=O)NCc4cn(-c5ccc(F)cc5)nn4)cc(-c4ccc5ccccc5c4)nc32)cc1. The molecule has 7 rings (SSSR count). The molecule has 3 heterocycles. The van der Waals surface area contributed by atoms with Crippen LogP contribution >= 0.6 is 0 Å². The van der Waals surface area contributed by atoms with Crippen LogP contribution in [0.1, 0.15) is 21.6 Å². The van der Waals surface area contributed by atoms with E-state index in [-0.39, 0.29) is 18.3 Å². The van der Waals surface area contributed by atoms with Crippen molar-refractivity contribution in [1.29, 1.82) is 0 Å². The van der Waals surface area contributed by atoms with Crippen LogP contribution in [-0.2, 0) is 6.54 Å². The van der Waals surface area contributed by atoms with Gasteiger partial charge >= 0.3 is 0 Å². The summed E-state index contributed by atoms with van der Waals surface area (Å²) in [6.45, 7) is 2.18. The number of aromatic nitrogens is 6. The Morgan fingerprint density at radius 3 is 2.45 bits per heavy atom. The molecule has 0 aliphatic rings. The van der Waals surface area contributed by atoms with Crippen molar-refractivity contribution in [3.05, 3.63) is 132 Å². The average Bonchev–Trinajstić information content (AvgIpc) is 3.68. The summed E-state index contributed by atoms with van der Waals surface area (Å²) in [5, 5.41) is 18.7. The van der Waals surface area contributed by atoms with Gasteiger partial charge in [-0.1, -0.05) is 59.3 Å². The summed E-state index contributed by atoms with van der Waals surface area (Å²) in [4.78, 5) is 18.6. The Labute approximate surface area is 240 Å². The Bertz CT molecular complexity index is 2080. The van der Waals surface area contributed by atoms with E-state index in [0.29, 0.717) is 33.7 Å². The van der Waals surface area contributed by atoms with Crippen molar-refractivity contribution >= 4 is 27.7 Å². The fourth-order valence-corrected chi connectivity index (χ4v) is 4.93. The number of pyridine rings is 1. The van der Waals surface area contributed by atoms with Gasteiger partial charge in [0.1, 0.15) is 11.5 Å². The number of hydrogen-bond acceptors (Lipinski definition) is 5. The molecular weight excluding hydrogens is 529 g/mol. The minimum absolute atomic E-state index is 0.154. The predicted octanol–water partition coefficient (Wildman–Crippen LogP) is 6.20. The second-order valence-electron chi connectivity index (χ2n) is 10.1. The van der Waals surface area contributed by atoms with Gasteiger partial charge in [0.15, 0.2) is 5.65 Å². The van der Waals surface area contributed by atoms with Crippen LogP contribution in [0.3, 0.4) is 0 Å². The van der Waals surface area contributed by atoms with E-state index in [0.717, 1.165) is 27.6 Å². The van der Waals surface area contributed by atoms with E-state index in [2.05, 4.69) is 45.0 Å². The lowest BCUT2D eigenvalue weighted by atomic mass is 10.0. The van der Waals surface area contributed by atoms with E-state index >= 15 is 0 Å². The summed E-state index contributed by atoms with van der Waals surface area (Å²) in [6.07, 6.45) is 3.37. The van der Waals surface area contributed by atoms with Gasteiger partial charge in [0.2, 0.25) is 0 Å². The van der Waals surface area contributed by atoms with Crippen molar-refractivity contribution in [3.8, 4) is 22.6 Å². The summed E-state index contributed by atoms with van der Waals surface area (Å²) >= 11 is 0. The number of fused-ring (bicyclic) bond motifs is 2. The molecule has 1 amide bonds. The maximum atomic E-state index is 13.7. The molecule has 3 aromatic heterocycles. The van der Waals surface area contributed by atoms with E-state index in [1.54, 1.807) is 35.3 Å². The molecule has 0 bridgehead atoms. The molecule has 7 aromatic rings. The zero-order valence-corrected chi connectivity index (χ0v) is 22.6. The van der Waals surface area contributed by atoms with Crippen molar-refractivity contribution in [2.24, 2.45) is 0 Å². The fraction of sp³-hybridized carbons (Fsp3) is 0.0606. The van der Waals surface area contributed by atoms with Crippen LogP contribution in [0.5, 0.6) is 0 Å². The molecule has 0 spiro atoms. The summed E-state index contributed by atoms with van der Waals surface area (Å²) in [7, 11) is 0. The number of halogens is 1. The van der Waals surface area contributed by atoms with Gasteiger partial charge in [0.05, 0.1) is 47.0 Å². The van der Waals surface area contributed by atoms with Crippen LogP contribution in [0.4, 0.5) is 4.39 Å². The molecule has 0 saturated heterocycles. The maximum absolute atomic E-state index is 13.7. The summed E-state index contributed by atoms with van der Waals surface area (Å²) in [6, 6.07) is 30.0. The van der Waals surface area contributed by atoms with Crippen molar-refractivity contribution in [3.63, 3.8) is 0 Å². The average molecular weight is 554 g/mol. The lowest BCUT2D eigenvalue weighted by Crippen LogP contribution is -2.23. The number of rotatable bonds is 6. The van der Waals surface area contributed by atoms with Crippen LogP contribution in [0.2, 0.25) is 0 Å². The zero-order valence-electron chi connectivity index (χ0n) is 22.6. The highest BCUT2D eigenvalue weighted by atomic mass is 19.1. The molecule has 1 N–H and O–H groups in total. The van der Waals surface area contributed by atoms with E-state index in [1.165, 1.54) is 16.8 Å². The van der Waals surface area contributed by atoms with E-state index in [1.807, 2.05) is 49.4 Å². The summed E-state index contributed by atoms with van der Waals surface area (Å²) in [5.74, 6) is -0.618. The third kappa shape index (κ3) is 4.77. The maximum Gasteiger partial charge on any atom is 0.252 e. The highest BCUT2D eigenvalue weighted by Gasteiger charge is 2.19. The number of nitrogens with one attached hydrogen (secondary N) is 1. The van der Waals surface area contributed by atoms with Crippen LogP contribution in [0.15, 0.2) is 109 Å². The molecule has 42 heavy (non-hydrogen) atoms. The first-order chi connectivity index (χ1) is 20.5. The van der Waals surface area contributed by atoms with Crippen LogP contribution < -0.4 is 5.32 Å². The topological polar surface area (TPSA) is 90.5 Å². The van der Waals surface area contributed by atoms with Crippen molar-refractivity contribution in [1.82, 2.24) is 35.1 Å². The smallest absolute Gasteiger partial charge is 0.252 e. The molecule has 0 aliphatic carbocycles. The van der Waals surface area contributed by atoms with Gasteiger partial charge < -0.3 is 5.32 Å². The second kappa shape index (κ2) is 10.4. The van der Waals surface area contributed by atoms with Gasteiger partial charge in [-0.2, -0.15) is 5.10 Å². The molecule has 204 valence electrons. The predicted molar refractivity (Wildman–Crippen MR) is 159 cm³/mol. The Kier molecular flexibility index (Phi) is 6.24. The van der Waals surface area contributed by atoms with Gasteiger partial charge in [-0.3, -0.25) is 4.79 Å². The molecule has 4 aromatic carbocycles. The Morgan fingerprint density at radius 2 is 1.64 bits per heavy atom. The number of nitrogens with zero attached hydrogens (tertiary/aromatic N) is 6. The van der Waals surface area contributed by atoms with E-state index in [9.17, 15) is 9.18 Å². The highest BCUT2D eigenvalue weighted by Crippen LogP contribution is 2.29. The second-order valence-corrected chi connectivity index (χ2v) is 10.1. The number of carbonyl (C=O) groups is 1. The Morgan fingerprint density at radius 1 is 0.881 bits per heavy atom. The first-order valence-electron chi connectivity index (χ1n) is 13.4. The fourth-order valence-electron chi connectivity index (χ4n) is 4.93. The minimum Gasteiger partial charge on any atom is -0.346 e. The Hall–Kier alpha value is -5.70. The minimum atomic E-state index is -0.330. The van der Waals surface area contributed by atoms with Gasteiger partial charge in [0.25, 0.3) is 5.91 Å². The van der Waals surface area contributed by atoms with Crippen LogP contribution in [0.25, 0.3) is 44.4 Å². The van der Waals surface area contributed by atoms with Crippen LogP contribution in [-0.4, -0.2) is 35.7 Å². The lowest BCUT2D eigenvalue weighted by molar-refractivity contribution is 0.0952. The standard InChI is InChI=1S/C33H24FN7O/c1-21-6-12-28(13-7-21)41-32-30(19-36-41)29(17-31(37-32)24-9-8-22-4-2-3-5-23(22)16-24)33(42)35-18-26-20-40(39-38-26)27-14-10-25(34)11-15-27/h2-17,19-20H,18H2,1H3,(H,35,42). The lowest BCUT2D eigenvalue weighted by Gasteiger charge is -2.10. The first kappa shape index (κ1) is 25.3. The third-order valence-electron chi connectivity index (χ3n) is 7.17. The molecule has 0 aliphatic heterocycles. The molecule has 0 unspecified atom stereocenters. The van der Waals surface area contributed by atoms with Crippen LogP contribution in [0, 0.1) is 12.7 Å². The number of aryl methyl sites for hydroxylation is 1. The number of amides is 1. The van der Waals surface area contributed by atoms with E-state index < -0.39 is 0 Å². The van der Waals surface area contributed by atoms with Gasteiger partial charge in [0, 0.05) is 5.56 Å². The molecule has 9 heteroatoms. The van der Waals surface area contributed by atoms with Gasteiger partial charge in [-0.05, 0) is 66.2 Å². The van der Waals surface area contributed by atoms with Crippen molar-refractivity contribution in [2.45, 2.75) is 13.5 Å². The monoisotopic (exact) mass is 553 g/mol. The van der Waals surface area contributed by atoms with E-state index in [4.69, 9.17) is 4.98 Å². The van der Waals surface area contributed by atoms with Gasteiger partial charge in [-0.15, -0.1) is 5.10 Å². The van der Waals surface area contributed by atoms with Crippen molar-refractivity contribution < 1.29 is 9.18 Å². The number of hydrogen-bond donors (Lipinski definition) is 1. The third-order valence-corrected chi connectivity index (χ3v) is 7.17. The number of benzene rings is 4. The zero-order chi connectivity index (χ0) is 28.6. The molecule has 0 radical (unpaired) electrons. The first-order valence-corrected chi connectivity index (χ1v) is 13.4. The largest absolute Gasteiger partial charge is 0.346 e. The molecule has 0 atom stereocenters. The highest BCUT2D eigenvalue weighted by molar-refractivity contribution is 6.06. The molecule has 8 nitrogen and oxygen atoms in total. The molecular formula is C33H24FN7O. The number of carbonyl (C=O) groups excluding carboxylic acids is 1. The summed E-state index contributed by atoms with van der Waals surface area (Å²) in [5.41, 5.74) is 5.80. The quantitative estimate of drug-likeness (QED) is 0.265. The normalized spacial score (nSPS) is 11.3. The molecule has 0 saturated carbocycles. The summed E-state index contributed by atoms with van der Waals surface area (Å²) < 4.78 is 16.6. The van der Waals surface area contributed by atoms with Gasteiger partial charge in [-0.25, -0.2) is 18.7 Å². The Balaban J connectivity index is 1.26.